The summed E-state index contributed by atoms with van der Waals surface area (Å²) < 4.78 is 34.4. The summed E-state index contributed by atoms with van der Waals surface area (Å²) in [6, 6.07) is 22.3. The van der Waals surface area contributed by atoms with Gasteiger partial charge in [0.25, 0.3) is 10.0 Å². The molecule has 9 heteroatoms. The van der Waals surface area contributed by atoms with Gasteiger partial charge in [-0.2, -0.15) is 0 Å². The molecule has 0 aliphatic heterocycles. The van der Waals surface area contributed by atoms with Crippen molar-refractivity contribution < 1.29 is 22.7 Å². The number of hydrogen-bond donors (Lipinski definition) is 1. The number of aryl methyl sites for hydroxylation is 1. The zero-order chi connectivity index (χ0) is 30.8. The first-order valence-corrected chi connectivity index (χ1v) is 16.5. The number of benzene rings is 3. The van der Waals surface area contributed by atoms with Crippen LogP contribution in [-0.4, -0.2) is 57.4 Å². The molecule has 43 heavy (non-hydrogen) atoms. The second kappa shape index (κ2) is 15.0. The third-order valence-electron chi connectivity index (χ3n) is 8.07. The van der Waals surface area contributed by atoms with Crippen molar-refractivity contribution >= 4 is 27.5 Å². The van der Waals surface area contributed by atoms with Crippen molar-refractivity contribution in [3.63, 3.8) is 0 Å². The van der Waals surface area contributed by atoms with E-state index in [9.17, 15) is 18.0 Å². The topological polar surface area (TPSA) is 96.0 Å². The number of carbonyl (C=O) groups excluding carboxylic acids is 2. The number of carbonyl (C=O) groups is 2. The average Bonchev–Trinajstić information content (AvgIpc) is 3.03. The average molecular weight is 606 g/mol. The highest BCUT2D eigenvalue weighted by atomic mass is 32.2. The largest absolute Gasteiger partial charge is 0.497 e. The number of sulfonamides is 1. The summed E-state index contributed by atoms with van der Waals surface area (Å²) in [5.74, 6) is -0.0565. The van der Waals surface area contributed by atoms with Gasteiger partial charge in [-0.05, 0) is 74.6 Å². The first-order valence-electron chi connectivity index (χ1n) is 15.1. The van der Waals surface area contributed by atoms with E-state index in [1.54, 1.807) is 53.4 Å². The fourth-order valence-electron chi connectivity index (χ4n) is 5.55. The molecule has 1 atom stereocenters. The Morgan fingerprint density at radius 2 is 1.58 bits per heavy atom. The fraction of sp³-hybridized carbons (Fsp3) is 0.412. The van der Waals surface area contributed by atoms with E-state index in [0.29, 0.717) is 24.3 Å². The molecule has 0 bridgehead atoms. The minimum absolute atomic E-state index is 0.0830. The molecule has 4 rings (SSSR count). The highest BCUT2D eigenvalue weighted by Crippen LogP contribution is 2.27. The normalized spacial score (nSPS) is 14.5. The standard InChI is InChI=1S/C34H43N3O5S/c1-4-32(34(39)35-28-13-9-6-10-14-28)36(24-23-27-11-7-5-8-12-27)33(38)25-37(29-17-19-30(42-3)20-18-29)43(40,41)31-21-15-26(2)16-22-31/h5,7-8,11-12,15-22,28,32H,4,6,9-10,13-14,23-25H2,1-3H3,(H,35,39)/t32-/m0/s1. The van der Waals surface area contributed by atoms with E-state index >= 15 is 0 Å². The highest BCUT2D eigenvalue weighted by Gasteiger charge is 2.34. The van der Waals surface area contributed by atoms with Crippen LogP contribution in [0.3, 0.4) is 0 Å². The number of methoxy groups -OCH3 is 1. The highest BCUT2D eigenvalue weighted by molar-refractivity contribution is 7.92. The van der Waals surface area contributed by atoms with Gasteiger partial charge in [0, 0.05) is 12.6 Å². The predicted molar refractivity (Wildman–Crippen MR) is 170 cm³/mol. The molecule has 0 aromatic heterocycles. The number of anilines is 1. The second-order valence-electron chi connectivity index (χ2n) is 11.1. The molecule has 0 unspecified atom stereocenters. The van der Waals surface area contributed by atoms with Crippen LogP contribution in [-0.2, 0) is 26.0 Å². The lowest BCUT2D eigenvalue weighted by Crippen LogP contribution is -2.54. The maximum Gasteiger partial charge on any atom is 0.264 e. The van der Waals surface area contributed by atoms with Gasteiger partial charge in [0.1, 0.15) is 18.3 Å². The van der Waals surface area contributed by atoms with Crippen LogP contribution in [0.4, 0.5) is 5.69 Å². The van der Waals surface area contributed by atoms with Gasteiger partial charge in [0.2, 0.25) is 11.8 Å². The minimum Gasteiger partial charge on any atom is -0.497 e. The number of ether oxygens (including phenoxy) is 1. The summed E-state index contributed by atoms with van der Waals surface area (Å²) >= 11 is 0. The Bertz CT molecular complexity index is 1440. The third kappa shape index (κ3) is 8.38. The van der Waals surface area contributed by atoms with E-state index in [1.807, 2.05) is 44.2 Å². The molecule has 0 saturated heterocycles. The summed E-state index contributed by atoms with van der Waals surface area (Å²) in [5.41, 5.74) is 2.28. The summed E-state index contributed by atoms with van der Waals surface area (Å²) in [6.45, 7) is 3.60. The molecular weight excluding hydrogens is 562 g/mol. The molecule has 1 saturated carbocycles. The molecular formula is C34H43N3O5S. The molecule has 2 amide bonds. The molecule has 8 nitrogen and oxygen atoms in total. The first-order chi connectivity index (χ1) is 20.7. The van der Waals surface area contributed by atoms with Crippen LogP contribution in [0.25, 0.3) is 0 Å². The Morgan fingerprint density at radius 3 is 2.19 bits per heavy atom. The van der Waals surface area contributed by atoms with Gasteiger partial charge in [-0.1, -0.05) is 74.2 Å². The molecule has 3 aromatic carbocycles. The maximum atomic E-state index is 14.2. The Kier molecular flexibility index (Phi) is 11.2. The lowest BCUT2D eigenvalue weighted by molar-refractivity contribution is -0.140. The number of hydrogen-bond acceptors (Lipinski definition) is 5. The molecule has 1 fully saturated rings. The Labute approximate surface area is 256 Å². The van der Waals surface area contributed by atoms with E-state index in [1.165, 1.54) is 13.5 Å². The molecule has 0 spiro atoms. The number of amides is 2. The van der Waals surface area contributed by atoms with Gasteiger partial charge in [-0.3, -0.25) is 13.9 Å². The molecule has 0 radical (unpaired) electrons. The van der Waals surface area contributed by atoms with E-state index in [-0.39, 0.29) is 23.4 Å². The molecule has 3 aromatic rings. The Hall–Kier alpha value is -3.85. The van der Waals surface area contributed by atoms with E-state index in [2.05, 4.69) is 5.32 Å². The van der Waals surface area contributed by atoms with Crippen molar-refractivity contribution in [3.8, 4) is 5.75 Å². The van der Waals surface area contributed by atoms with Gasteiger partial charge in [-0.25, -0.2) is 8.42 Å². The van der Waals surface area contributed by atoms with Gasteiger partial charge in [0.05, 0.1) is 17.7 Å². The van der Waals surface area contributed by atoms with Crippen molar-refractivity contribution in [3.05, 3.63) is 90.0 Å². The van der Waals surface area contributed by atoms with Gasteiger partial charge in [-0.15, -0.1) is 0 Å². The summed E-state index contributed by atoms with van der Waals surface area (Å²) in [7, 11) is -2.58. The minimum atomic E-state index is -4.12. The van der Waals surface area contributed by atoms with E-state index in [0.717, 1.165) is 41.1 Å². The number of nitrogens with zero attached hydrogens (tertiary/aromatic N) is 2. The van der Waals surface area contributed by atoms with Crippen LogP contribution < -0.4 is 14.4 Å². The quantitative estimate of drug-likeness (QED) is 0.278. The van der Waals surface area contributed by atoms with Crippen LogP contribution in [0.1, 0.15) is 56.6 Å². The third-order valence-corrected chi connectivity index (χ3v) is 9.86. The van der Waals surface area contributed by atoms with Crippen molar-refractivity contribution in [2.45, 2.75) is 75.8 Å². The molecule has 230 valence electrons. The Balaban J connectivity index is 1.67. The molecule has 0 heterocycles. The maximum absolute atomic E-state index is 14.2. The molecule has 1 aliphatic rings. The van der Waals surface area contributed by atoms with E-state index in [4.69, 9.17) is 4.74 Å². The van der Waals surface area contributed by atoms with Crippen molar-refractivity contribution in [2.75, 3.05) is 24.5 Å². The van der Waals surface area contributed by atoms with Crippen LogP contribution in [0.5, 0.6) is 5.75 Å². The van der Waals surface area contributed by atoms with Crippen molar-refractivity contribution in [2.24, 2.45) is 0 Å². The van der Waals surface area contributed by atoms with Gasteiger partial charge >= 0.3 is 0 Å². The molecule has 1 N–H and O–H groups in total. The monoisotopic (exact) mass is 605 g/mol. The summed E-state index contributed by atoms with van der Waals surface area (Å²) in [6.07, 6.45) is 6.12. The zero-order valence-electron chi connectivity index (χ0n) is 25.4. The summed E-state index contributed by atoms with van der Waals surface area (Å²) in [4.78, 5) is 29.5. The number of rotatable bonds is 13. The van der Waals surface area contributed by atoms with Crippen LogP contribution in [0, 0.1) is 6.92 Å². The Morgan fingerprint density at radius 1 is 0.930 bits per heavy atom. The second-order valence-corrected chi connectivity index (χ2v) is 13.0. The van der Waals surface area contributed by atoms with Crippen LogP contribution in [0.2, 0.25) is 0 Å². The first kappa shape index (κ1) is 32.1. The molecule has 1 aliphatic carbocycles. The van der Waals surface area contributed by atoms with Gasteiger partial charge < -0.3 is 15.0 Å². The van der Waals surface area contributed by atoms with Gasteiger partial charge in [0.15, 0.2) is 0 Å². The lowest BCUT2D eigenvalue weighted by atomic mass is 9.95. The van der Waals surface area contributed by atoms with Crippen LogP contribution >= 0.6 is 0 Å². The van der Waals surface area contributed by atoms with Crippen molar-refractivity contribution in [1.29, 1.82) is 0 Å². The van der Waals surface area contributed by atoms with Crippen LogP contribution in [0.15, 0.2) is 83.8 Å². The smallest absolute Gasteiger partial charge is 0.264 e. The lowest BCUT2D eigenvalue weighted by Gasteiger charge is -2.34. The zero-order valence-corrected chi connectivity index (χ0v) is 26.2. The van der Waals surface area contributed by atoms with E-state index < -0.39 is 28.5 Å². The predicted octanol–water partition coefficient (Wildman–Crippen LogP) is 5.50. The fourth-order valence-corrected chi connectivity index (χ4v) is 6.97. The SMILES string of the molecule is CC[C@@H](C(=O)NC1CCCCC1)N(CCc1ccccc1)C(=O)CN(c1ccc(OC)cc1)S(=O)(=O)c1ccc(C)cc1. The number of nitrogens with one attached hydrogen (secondary N) is 1. The van der Waals surface area contributed by atoms with Crippen molar-refractivity contribution in [1.82, 2.24) is 10.2 Å². The summed E-state index contributed by atoms with van der Waals surface area (Å²) in [5, 5.41) is 3.18.